The monoisotopic (exact) mass is 481 g/mol. The van der Waals surface area contributed by atoms with Crippen molar-refractivity contribution < 1.29 is 27.8 Å². The van der Waals surface area contributed by atoms with E-state index in [2.05, 4.69) is 10.00 Å². The van der Waals surface area contributed by atoms with Gasteiger partial charge in [-0.15, -0.1) is 0 Å². The summed E-state index contributed by atoms with van der Waals surface area (Å²) in [7, 11) is 0. The standard InChI is InChI=1S/C26H22F3N3O3/c27-26(28,29)24-12-21(30-32(24)22-4-2-1-3-5-22)16-35-23-9-8-18-10-17(6-7-19(18)11-23)13-31-14-20(15-31)25(33)34/h1-12,20H,13-16H2,(H,33,34). The molecule has 1 aliphatic rings. The second kappa shape index (κ2) is 9.07. The van der Waals surface area contributed by atoms with Gasteiger partial charge >= 0.3 is 12.1 Å². The molecule has 0 atom stereocenters. The van der Waals surface area contributed by atoms with Crippen molar-refractivity contribution in [2.45, 2.75) is 19.3 Å². The number of halogens is 3. The van der Waals surface area contributed by atoms with E-state index in [1.165, 1.54) is 0 Å². The van der Waals surface area contributed by atoms with Crippen molar-refractivity contribution in [1.82, 2.24) is 14.7 Å². The Morgan fingerprint density at radius 3 is 2.43 bits per heavy atom. The number of nitrogens with zero attached hydrogens (tertiary/aromatic N) is 3. The molecule has 6 nitrogen and oxygen atoms in total. The number of ether oxygens (including phenoxy) is 1. The van der Waals surface area contributed by atoms with Gasteiger partial charge in [0.1, 0.15) is 23.7 Å². The average molecular weight is 481 g/mol. The summed E-state index contributed by atoms with van der Waals surface area (Å²) < 4.78 is 47.3. The van der Waals surface area contributed by atoms with Gasteiger partial charge in [-0.1, -0.05) is 36.4 Å². The summed E-state index contributed by atoms with van der Waals surface area (Å²) in [5.74, 6) is -0.518. The largest absolute Gasteiger partial charge is 0.487 e. The number of aromatic nitrogens is 2. The van der Waals surface area contributed by atoms with Gasteiger partial charge in [-0.25, -0.2) is 4.68 Å². The molecule has 0 bridgehead atoms. The number of likely N-dealkylation sites (tertiary alicyclic amines) is 1. The highest BCUT2D eigenvalue weighted by atomic mass is 19.4. The van der Waals surface area contributed by atoms with Crippen LogP contribution < -0.4 is 4.74 Å². The molecule has 1 fully saturated rings. The summed E-state index contributed by atoms with van der Waals surface area (Å²) in [6.45, 7) is 1.68. The minimum Gasteiger partial charge on any atom is -0.487 e. The van der Waals surface area contributed by atoms with Gasteiger partial charge in [0.2, 0.25) is 0 Å². The van der Waals surface area contributed by atoms with E-state index in [1.807, 2.05) is 30.3 Å². The first kappa shape index (κ1) is 22.9. The van der Waals surface area contributed by atoms with Crippen LogP contribution in [0.15, 0.2) is 72.8 Å². The maximum absolute atomic E-state index is 13.5. The van der Waals surface area contributed by atoms with Gasteiger partial charge in [-0.2, -0.15) is 18.3 Å². The van der Waals surface area contributed by atoms with Crippen molar-refractivity contribution >= 4 is 16.7 Å². The number of alkyl halides is 3. The lowest BCUT2D eigenvalue weighted by Crippen LogP contribution is -2.49. The fraction of sp³-hybridized carbons (Fsp3) is 0.231. The van der Waals surface area contributed by atoms with Crippen LogP contribution in [0.1, 0.15) is 17.0 Å². The van der Waals surface area contributed by atoms with Gasteiger partial charge < -0.3 is 9.84 Å². The van der Waals surface area contributed by atoms with E-state index < -0.39 is 17.8 Å². The zero-order valence-electron chi connectivity index (χ0n) is 18.6. The van der Waals surface area contributed by atoms with Gasteiger partial charge in [-0.3, -0.25) is 9.69 Å². The highest BCUT2D eigenvalue weighted by Gasteiger charge is 2.36. The molecule has 0 radical (unpaired) electrons. The number of aliphatic carboxylic acids is 1. The molecule has 1 saturated heterocycles. The first-order valence-corrected chi connectivity index (χ1v) is 11.1. The highest BCUT2D eigenvalue weighted by Crippen LogP contribution is 2.32. The Bertz CT molecular complexity index is 1360. The molecular weight excluding hydrogens is 459 g/mol. The Hall–Kier alpha value is -3.85. The molecule has 5 rings (SSSR count). The van der Waals surface area contributed by atoms with Crippen molar-refractivity contribution in [1.29, 1.82) is 0 Å². The third-order valence-electron chi connectivity index (χ3n) is 6.03. The minimum absolute atomic E-state index is 0.105. The zero-order chi connectivity index (χ0) is 24.6. The van der Waals surface area contributed by atoms with E-state index in [-0.39, 0.29) is 18.2 Å². The minimum atomic E-state index is -4.55. The lowest BCUT2D eigenvalue weighted by Gasteiger charge is -2.36. The lowest BCUT2D eigenvalue weighted by atomic mass is 9.99. The second-order valence-corrected chi connectivity index (χ2v) is 8.63. The quantitative estimate of drug-likeness (QED) is 0.396. The fourth-order valence-electron chi connectivity index (χ4n) is 4.20. The molecule has 0 saturated carbocycles. The van der Waals surface area contributed by atoms with Crippen LogP contribution in [-0.2, 0) is 24.1 Å². The van der Waals surface area contributed by atoms with Crippen LogP contribution >= 0.6 is 0 Å². The lowest BCUT2D eigenvalue weighted by molar-refractivity contribution is -0.147. The molecule has 0 unspecified atom stereocenters. The molecule has 180 valence electrons. The number of benzene rings is 3. The van der Waals surface area contributed by atoms with Crippen molar-refractivity contribution in [3.8, 4) is 11.4 Å². The van der Waals surface area contributed by atoms with E-state index in [0.29, 0.717) is 31.1 Å². The molecule has 1 aliphatic heterocycles. The van der Waals surface area contributed by atoms with Crippen molar-refractivity contribution in [2.75, 3.05) is 13.1 Å². The Morgan fingerprint density at radius 1 is 1.00 bits per heavy atom. The van der Waals surface area contributed by atoms with Crippen LogP contribution in [-0.4, -0.2) is 38.8 Å². The maximum atomic E-state index is 13.5. The van der Waals surface area contributed by atoms with Crippen molar-refractivity contribution in [3.05, 3.63) is 89.7 Å². The van der Waals surface area contributed by atoms with Gasteiger partial charge in [0.05, 0.1) is 11.6 Å². The Labute approximate surface area is 199 Å². The van der Waals surface area contributed by atoms with Crippen LogP contribution in [0.25, 0.3) is 16.5 Å². The number of fused-ring (bicyclic) bond motifs is 1. The van der Waals surface area contributed by atoms with Crippen LogP contribution in [0.3, 0.4) is 0 Å². The van der Waals surface area contributed by atoms with E-state index in [4.69, 9.17) is 9.84 Å². The van der Waals surface area contributed by atoms with Crippen LogP contribution in [0.4, 0.5) is 13.2 Å². The number of hydrogen-bond acceptors (Lipinski definition) is 4. The second-order valence-electron chi connectivity index (χ2n) is 8.63. The zero-order valence-corrected chi connectivity index (χ0v) is 18.6. The third-order valence-corrected chi connectivity index (χ3v) is 6.03. The summed E-state index contributed by atoms with van der Waals surface area (Å²) >= 11 is 0. The summed E-state index contributed by atoms with van der Waals surface area (Å²) in [6.07, 6.45) is -4.55. The molecule has 0 spiro atoms. The van der Waals surface area contributed by atoms with Crippen LogP contribution in [0.5, 0.6) is 5.75 Å². The normalized spacial score (nSPS) is 14.7. The number of carboxylic acids is 1. The average Bonchev–Trinajstić information content (AvgIpc) is 3.25. The smallest absolute Gasteiger partial charge is 0.433 e. The maximum Gasteiger partial charge on any atom is 0.433 e. The molecule has 0 amide bonds. The summed E-state index contributed by atoms with van der Waals surface area (Å²) in [6, 6.07) is 20.7. The predicted octanol–water partition coefficient (Wildman–Crippen LogP) is 5.14. The van der Waals surface area contributed by atoms with Gasteiger partial charge in [0.15, 0.2) is 0 Å². The van der Waals surface area contributed by atoms with E-state index in [1.54, 1.807) is 36.4 Å². The molecule has 2 heterocycles. The van der Waals surface area contributed by atoms with Gasteiger partial charge in [0, 0.05) is 19.6 Å². The Balaban J connectivity index is 1.28. The van der Waals surface area contributed by atoms with Gasteiger partial charge in [-0.05, 0) is 52.7 Å². The number of para-hydroxylation sites is 1. The molecule has 0 aliphatic carbocycles. The van der Waals surface area contributed by atoms with E-state index in [0.717, 1.165) is 27.1 Å². The molecule has 4 aromatic rings. The molecule has 1 aromatic heterocycles. The van der Waals surface area contributed by atoms with Crippen molar-refractivity contribution in [3.63, 3.8) is 0 Å². The first-order valence-electron chi connectivity index (χ1n) is 11.1. The Kier molecular flexibility index (Phi) is 5.94. The van der Waals surface area contributed by atoms with Gasteiger partial charge in [0.25, 0.3) is 0 Å². The summed E-state index contributed by atoms with van der Waals surface area (Å²) in [4.78, 5) is 13.0. The molecule has 9 heteroatoms. The molecular formula is C26H22F3N3O3. The summed E-state index contributed by atoms with van der Waals surface area (Å²) in [5.41, 5.74) is 0.724. The molecule has 3 aromatic carbocycles. The SMILES string of the molecule is O=C(O)C1CN(Cc2ccc3cc(OCc4cc(C(F)(F)F)n(-c5ccccc5)n4)ccc3c2)C1. The van der Waals surface area contributed by atoms with Crippen LogP contribution in [0, 0.1) is 5.92 Å². The number of rotatable bonds is 7. The van der Waals surface area contributed by atoms with Crippen LogP contribution in [0.2, 0.25) is 0 Å². The number of carbonyl (C=O) groups is 1. The third kappa shape index (κ3) is 5.00. The first-order chi connectivity index (χ1) is 16.8. The molecule has 35 heavy (non-hydrogen) atoms. The number of hydrogen-bond donors (Lipinski definition) is 1. The van der Waals surface area contributed by atoms with E-state index in [9.17, 15) is 18.0 Å². The highest BCUT2D eigenvalue weighted by molar-refractivity contribution is 5.84. The summed E-state index contributed by atoms with van der Waals surface area (Å²) in [5, 5.41) is 15.1. The fourth-order valence-corrected chi connectivity index (χ4v) is 4.20. The predicted molar refractivity (Wildman–Crippen MR) is 123 cm³/mol. The Morgan fingerprint density at radius 2 is 1.71 bits per heavy atom. The topological polar surface area (TPSA) is 67.6 Å². The van der Waals surface area contributed by atoms with Crippen molar-refractivity contribution in [2.24, 2.45) is 5.92 Å². The number of carboxylic acid groups (broad SMARTS) is 1. The van der Waals surface area contributed by atoms with E-state index >= 15 is 0 Å². The molecule has 1 N–H and O–H groups in total.